The second kappa shape index (κ2) is 5.88. The molecule has 0 radical (unpaired) electrons. The van der Waals surface area contributed by atoms with Gasteiger partial charge in [0.05, 0.1) is 6.61 Å². The van der Waals surface area contributed by atoms with Crippen molar-refractivity contribution in [2.45, 2.75) is 25.9 Å². The lowest BCUT2D eigenvalue weighted by molar-refractivity contribution is -0.138. The Balaban J connectivity index is 2.92. The number of rotatable bonds is 5. The number of nitrogens with zero attached hydrogens (tertiary/aromatic N) is 1. The van der Waals surface area contributed by atoms with Gasteiger partial charge < -0.3 is 10.5 Å². The zero-order valence-electron chi connectivity index (χ0n) is 9.96. The van der Waals surface area contributed by atoms with E-state index >= 15 is 0 Å². The molecule has 2 N–H and O–H groups in total. The summed E-state index contributed by atoms with van der Waals surface area (Å²) in [7, 11) is 0. The third-order valence-corrected chi connectivity index (χ3v) is 2.39. The first-order valence-electron chi connectivity index (χ1n) is 5.61. The predicted molar refractivity (Wildman–Crippen MR) is 60.0 cm³/mol. The Labute approximate surface area is 103 Å². The molecule has 0 amide bonds. The number of hydrogen-bond donors (Lipinski definition) is 1. The molecule has 1 aliphatic rings. The second-order valence-electron chi connectivity index (χ2n) is 3.93. The van der Waals surface area contributed by atoms with Gasteiger partial charge in [-0.05, 0) is 25.7 Å². The number of halogens is 3. The Morgan fingerprint density at radius 1 is 1.50 bits per heavy atom. The van der Waals surface area contributed by atoms with Gasteiger partial charge in [-0.1, -0.05) is 0 Å². The van der Waals surface area contributed by atoms with Crippen LogP contribution in [0.2, 0.25) is 0 Å². The normalized spacial score (nSPS) is 17.8. The van der Waals surface area contributed by atoms with Gasteiger partial charge in [-0.15, -0.1) is 0 Å². The highest BCUT2D eigenvalue weighted by Crippen LogP contribution is 2.30. The number of nitrogens with two attached hydrogens (primary N) is 1. The molecule has 0 atom stereocenters. The van der Waals surface area contributed by atoms with E-state index in [1.54, 1.807) is 0 Å². The summed E-state index contributed by atoms with van der Waals surface area (Å²) in [6, 6.07) is 0. The molecule has 1 rings (SSSR count). The van der Waals surface area contributed by atoms with E-state index in [0.717, 1.165) is 12.8 Å². The first-order valence-corrected chi connectivity index (χ1v) is 5.61. The zero-order valence-corrected chi connectivity index (χ0v) is 9.96. The second-order valence-corrected chi connectivity index (χ2v) is 3.93. The number of aliphatic imine (C=N–C) groups is 1. The third-order valence-electron chi connectivity index (χ3n) is 2.39. The van der Waals surface area contributed by atoms with Crippen LogP contribution in [0.5, 0.6) is 0 Å². The fourth-order valence-electron chi connectivity index (χ4n) is 1.30. The molecule has 102 valence electrons. The summed E-state index contributed by atoms with van der Waals surface area (Å²) in [5, 5.41) is 0. The van der Waals surface area contributed by atoms with Gasteiger partial charge in [0, 0.05) is 12.7 Å². The van der Waals surface area contributed by atoms with Gasteiger partial charge in [-0.3, -0.25) is 4.99 Å². The molecule has 18 heavy (non-hydrogen) atoms. The summed E-state index contributed by atoms with van der Waals surface area (Å²) in [4.78, 5) is 14.8. The van der Waals surface area contributed by atoms with Crippen LogP contribution >= 0.6 is 0 Å². The molecule has 0 saturated heterocycles. The van der Waals surface area contributed by atoms with E-state index in [4.69, 9.17) is 5.73 Å². The van der Waals surface area contributed by atoms with Gasteiger partial charge in [-0.25, -0.2) is 4.79 Å². The minimum Gasteiger partial charge on any atom is -0.462 e. The summed E-state index contributed by atoms with van der Waals surface area (Å²) < 4.78 is 42.9. The molecule has 0 heterocycles. The maximum absolute atomic E-state index is 12.8. The molecule has 0 bridgehead atoms. The summed E-state index contributed by atoms with van der Waals surface area (Å²) in [5.41, 5.74) is 3.09. The van der Waals surface area contributed by atoms with E-state index in [2.05, 4.69) is 9.73 Å². The van der Waals surface area contributed by atoms with Gasteiger partial charge >= 0.3 is 12.1 Å². The van der Waals surface area contributed by atoms with E-state index < -0.39 is 23.4 Å². The van der Waals surface area contributed by atoms with Crippen molar-refractivity contribution in [3.05, 3.63) is 11.8 Å². The minimum atomic E-state index is -4.72. The fourth-order valence-corrected chi connectivity index (χ4v) is 1.30. The largest absolute Gasteiger partial charge is 0.462 e. The van der Waals surface area contributed by atoms with Crippen LogP contribution in [0.15, 0.2) is 16.8 Å². The van der Waals surface area contributed by atoms with E-state index in [9.17, 15) is 18.0 Å². The van der Waals surface area contributed by atoms with Crippen LogP contribution in [0.3, 0.4) is 0 Å². The average molecular weight is 264 g/mol. The topological polar surface area (TPSA) is 64.7 Å². The van der Waals surface area contributed by atoms with Crippen molar-refractivity contribution in [1.29, 1.82) is 0 Å². The summed E-state index contributed by atoms with van der Waals surface area (Å²) >= 11 is 0. The summed E-state index contributed by atoms with van der Waals surface area (Å²) in [6.07, 6.45) is -2.38. The van der Waals surface area contributed by atoms with Crippen LogP contribution in [-0.2, 0) is 9.53 Å². The first-order chi connectivity index (χ1) is 8.40. The van der Waals surface area contributed by atoms with Crippen LogP contribution < -0.4 is 5.73 Å². The van der Waals surface area contributed by atoms with Crippen molar-refractivity contribution in [3.8, 4) is 0 Å². The number of alkyl halides is 3. The van der Waals surface area contributed by atoms with Crippen LogP contribution in [-0.4, -0.2) is 31.0 Å². The number of ether oxygens (including phenoxy) is 1. The Kier molecular flexibility index (Phi) is 4.75. The molecule has 0 aromatic carbocycles. The van der Waals surface area contributed by atoms with Crippen LogP contribution in [0.1, 0.15) is 19.8 Å². The Morgan fingerprint density at radius 2 is 2.11 bits per heavy atom. The van der Waals surface area contributed by atoms with Gasteiger partial charge in [0.2, 0.25) is 0 Å². The molecular formula is C11H15F3N2O2. The molecule has 1 saturated carbocycles. The van der Waals surface area contributed by atoms with Crippen molar-refractivity contribution in [3.63, 3.8) is 0 Å². The first kappa shape index (κ1) is 14.5. The lowest BCUT2D eigenvalue weighted by atomic mass is 10.1. The quantitative estimate of drug-likeness (QED) is 0.468. The molecule has 0 aromatic heterocycles. The van der Waals surface area contributed by atoms with Crippen LogP contribution in [0.25, 0.3) is 0 Å². The van der Waals surface area contributed by atoms with E-state index in [1.807, 2.05) is 0 Å². The molecule has 7 heteroatoms. The minimum absolute atomic E-state index is 0.0239. The summed E-state index contributed by atoms with van der Waals surface area (Å²) in [5.74, 6) is -0.921. The van der Waals surface area contributed by atoms with Gasteiger partial charge in [0.1, 0.15) is 5.57 Å². The van der Waals surface area contributed by atoms with Crippen molar-refractivity contribution in [2.75, 3.05) is 13.2 Å². The Bertz CT molecular complexity index is 371. The van der Waals surface area contributed by atoms with E-state index in [1.165, 1.54) is 6.92 Å². The molecule has 0 aliphatic heterocycles. The van der Waals surface area contributed by atoms with Crippen LogP contribution in [0.4, 0.5) is 13.2 Å². The molecule has 0 unspecified atom stereocenters. The smallest absolute Gasteiger partial charge is 0.433 e. The highest BCUT2D eigenvalue weighted by Gasteiger charge is 2.41. The Hall–Kier alpha value is -1.53. The van der Waals surface area contributed by atoms with Gasteiger partial charge in [0.25, 0.3) is 0 Å². The average Bonchev–Trinajstić information content (AvgIpc) is 3.06. The highest BCUT2D eigenvalue weighted by atomic mass is 19.4. The summed E-state index contributed by atoms with van der Waals surface area (Å²) in [6.45, 7) is 1.54. The lowest BCUT2D eigenvalue weighted by Gasteiger charge is -2.12. The molecule has 4 nitrogen and oxygen atoms in total. The number of hydrogen-bond acceptors (Lipinski definition) is 4. The lowest BCUT2D eigenvalue weighted by Crippen LogP contribution is -2.30. The molecular weight excluding hydrogens is 249 g/mol. The Morgan fingerprint density at radius 3 is 2.50 bits per heavy atom. The van der Waals surface area contributed by atoms with E-state index in [0.29, 0.717) is 6.20 Å². The van der Waals surface area contributed by atoms with E-state index in [-0.39, 0.29) is 19.1 Å². The predicted octanol–water partition coefficient (Wildman–Crippen LogP) is 1.81. The van der Waals surface area contributed by atoms with Crippen molar-refractivity contribution >= 4 is 11.7 Å². The van der Waals surface area contributed by atoms with Crippen molar-refractivity contribution in [2.24, 2.45) is 16.6 Å². The van der Waals surface area contributed by atoms with Crippen molar-refractivity contribution in [1.82, 2.24) is 0 Å². The number of carbonyl (C=O) groups excluding carboxylic acids is 1. The number of esters is 1. The number of carbonyl (C=O) groups is 1. The SMILES string of the molecule is CCOC(=O)C(=CN)C(=NCC1CC1)C(F)(F)F. The maximum Gasteiger partial charge on any atom is 0.433 e. The standard InChI is InChI=1S/C11H15F3N2O2/c1-2-18-10(17)8(5-15)9(11(12,13)14)16-6-7-3-4-7/h5,7H,2-4,6,15H2,1H3. The third kappa shape index (κ3) is 4.05. The van der Waals surface area contributed by atoms with Gasteiger partial charge in [0.15, 0.2) is 5.71 Å². The maximum atomic E-state index is 12.8. The highest BCUT2D eigenvalue weighted by molar-refractivity contribution is 6.21. The zero-order chi connectivity index (χ0) is 13.8. The fraction of sp³-hybridized carbons (Fsp3) is 0.636. The molecule has 0 aromatic rings. The molecule has 1 fully saturated rings. The molecule has 1 aliphatic carbocycles. The van der Waals surface area contributed by atoms with Crippen LogP contribution in [0, 0.1) is 5.92 Å². The monoisotopic (exact) mass is 264 g/mol. The molecule has 0 spiro atoms. The van der Waals surface area contributed by atoms with Gasteiger partial charge in [-0.2, -0.15) is 13.2 Å². The van der Waals surface area contributed by atoms with Crippen molar-refractivity contribution < 1.29 is 22.7 Å².